The Balaban J connectivity index is 1.90. The van der Waals surface area contributed by atoms with Crippen LogP contribution in [0.3, 0.4) is 0 Å². The number of nitrogens with two attached hydrogens (primary N) is 1. The zero-order valence-electron chi connectivity index (χ0n) is 8.86. The Morgan fingerprint density at radius 1 is 1.50 bits per heavy atom. The van der Waals surface area contributed by atoms with Gasteiger partial charge in [-0.1, -0.05) is 0 Å². The van der Waals surface area contributed by atoms with E-state index in [9.17, 15) is 9.00 Å². The molecule has 6 heteroatoms. The minimum Gasteiger partial charge on any atom is -0.397 e. The number of aromatic amines is 1. The van der Waals surface area contributed by atoms with Crippen molar-refractivity contribution in [2.45, 2.75) is 18.9 Å². The second kappa shape index (κ2) is 4.69. The van der Waals surface area contributed by atoms with Gasteiger partial charge < -0.3 is 16.0 Å². The van der Waals surface area contributed by atoms with Gasteiger partial charge in [-0.05, 0) is 18.9 Å². The molecule has 4 N–H and O–H groups in total. The molecule has 1 amide bonds. The average molecular weight is 241 g/mol. The fourth-order valence-electron chi connectivity index (χ4n) is 1.74. The molecule has 1 saturated heterocycles. The average Bonchev–Trinajstić information content (AvgIpc) is 2.68. The highest BCUT2D eigenvalue weighted by atomic mass is 32.2. The van der Waals surface area contributed by atoms with Gasteiger partial charge >= 0.3 is 0 Å². The molecule has 88 valence electrons. The Kier molecular flexibility index (Phi) is 3.28. The summed E-state index contributed by atoms with van der Waals surface area (Å²) in [5, 5.41) is 2.91. The molecule has 1 fully saturated rings. The van der Waals surface area contributed by atoms with Crippen molar-refractivity contribution in [1.82, 2.24) is 10.3 Å². The van der Waals surface area contributed by atoms with Gasteiger partial charge in [-0.15, -0.1) is 0 Å². The first-order valence-corrected chi connectivity index (χ1v) is 6.73. The summed E-state index contributed by atoms with van der Waals surface area (Å²) in [6, 6.07) is 1.74. The first kappa shape index (κ1) is 11.2. The third-order valence-corrected chi connectivity index (χ3v) is 4.06. The van der Waals surface area contributed by atoms with Crippen molar-refractivity contribution in [3.05, 3.63) is 18.0 Å². The van der Waals surface area contributed by atoms with Crippen LogP contribution in [0.1, 0.15) is 23.3 Å². The number of nitrogens with one attached hydrogen (secondary N) is 2. The van der Waals surface area contributed by atoms with E-state index in [1.54, 1.807) is 12.3 Å². The van der Waals surface area contributed by atoms with Crippen molar-refractivity contribution >= 4 is 22.4 Å². The molecule has 1 aliphatic heterocycles. The van der Waals surface area contributed by atoms with Crippen molar-refractivity contribution in [3.8, 4) is 0 Å². The zero-order valence-corrected chi connectivity index (χ0v) is 9.68. The summed E-state index contributed by atoms with van der Waals surface area (Å²) in [7, 11) is -0.695. The molecule has 0 aromatic carbocycles. The van der Waals surface area contributed by atoms with E-state index in [1.165, 1.54) is 0 Å². The normalized spacial score (nSPS) is 25.2. The van der Waals surface area contributed by atoms with Crippen LogP contribution >= 0.6 is 0 Å². The summed E-state index contributed by atoms with van der Waals surface area (Å²) in [5.74, 6) is 1.21. The van der Waals surface area contributed by atoms with Gasteiger partial charge in [0.05, 0.1) is 0 Å². The van der Waals surface area contributed by atoms with Gasteiger partial charge in [0.2, 0.25) is 0 Å². The van der Waals surface area contributed by atoms with Crippen LogP contribution in [-0.4, -0.2) is 32.6 Å². The lowest BCUT2D eigenvalue weighted by Crippen LogP contribution is -2.39. The Morgan fingerprint density at radius 3 is 2.75 bits per heavy atom. The van der Waals surface area contributed by atoms with Gasteiger partial charge in [-0.3, -0.25) is 9.00 Å². The number of amides is 1. The monoisotopic (exact) mass is 241 g/mol. The SMILES string of the molecule is Nc1c[nH]c(C(=O)NC2CCS(=O)CC2)c1. The third-order valence-electron chi connectivity index (χ3n) is 2.67. The highest BCUT2D eigenvalue weighted by Crippen LogP contribution is 2.11. The second-order valence-electron chi connectivity index (χ2n) is 3.94. The zero-order chi connectivity index (χ0) is 11.5. The topological polar surface area (TPSA) is 88.0 Å². The molecule has 0 spiro atoms. The second-order valence-corrected chi connectivity index (χ2v) is 5.64. The number of rotatable bonds is 2. The van der Waals surface area contributed by atoms with Crippen LogP contribution in [0.25, 0.3) is 0 Å². The minimum absolute atomic E-state index is 0.134. The highest BCUT2D eigenvalue weighted by molar-refractivity contribution is 7.85. The molecule has 0 unspecified atom stereocenters. The van der Waals surface area contributed by atoms with Gasteiger partial charge in [-0.25, -0.2) is 0 Å². The number of hydrogen-bond acceptors (Lipinski definition) is 3. The van der Waals surface area contributed by atoms with E-state index in [2.05, 4.69) is 10.3 Å². The van der Waals surface area contributed by atoms with Gasteiger partial charge in [0, 0.05) is 40.2 Å². The van der Waals surface area contributed by atoms with Crippen LogP contribution in [-0.2, 0) is 10.8 Å². The predicted octanol–water partition coefficient (Wildman–Crippen LogP) is 0.238. The fraction of sp³-hybridized carbons (Fsp3) is 0.500. The number of carbonyl (C=O) groups is 1. The van der Waals surface area contributed by atoms with Crippen molar-refractivity contribution < 1.29 is 9.00 Å². The Bertz CT molecular complexity index is 406. The van der Waals surface area contributed by atoms with Crippen LogP contribution in [0.5, 0.6) is 0 Å². The number of aromatic nitrogens is 1. The maximum absolute atomic E-state index is 11.7. The highest BCUT2D eigenvalue weighted by Gasteiger charge is 2.20. The van der Waals surface area contributed by atoms with Crippen LogP contribution in [0, 0.1) is 0 Å². The molecule has 16 heavy (non-hydrogen) atoms. The first-order valence-electron chi connectivity index (χ1n) is 5.25. The lowest BCUT2D eigenvalue weighted by Gasteiger charge is -2.22. The standard InChI is InChI=1S/C10H15N3O2S/c11-7-5-9(12-6-7)10(14)13-8-1-3-16(15)4-2-8/h5-6,8,12H,1-4,11H2,(H,13,14). The van der Waals surface area contributed by atoms with Crippen molar-refractivity contribution in [2.75, 3.05) is 17.2 Å². The smallest absolute Gasteiger partial charge is 0.267 e. The molecule has 0 atom stereocenters. The molecule has 0 bridgehead atoms. The summed E-state index contributed by atoms with van der Waals surface area (Å²) in [5.41, 5.74) is 6.54. The van der Waals surface area contributed by atoms with Crippen LogP contribution in [0.4, 0.5) is 5.69 Å². The van der Waals surface area contributed by atoms with Crippen molar-refractivity contribution in [1.29, 1.82) is 0 Å². The van der Waals surface area contributed by atoms with Crippen molar-refractivity contribution in [3.63, 3.8) is 0 Å². The van der Waals surface area contributed by atoms with E-state index in [0.717, 1.165) is 12.8 Å². The molecule has 0 aliphatic carbocycles. The van der Waals surface area contributed by atoms with Gasteiger partial charge in [0.15, 0.2) is 0 Å². The first-order chi connectivity index (χ1) is 7.65. The lowest BCUT2D eigenvalue weighted by molar-refractivity contribution is 0.0930. The predicted molar refractivity (Wildman–Crippen MR) is 63.6 cm³/mol. The molecule has 0 radical (unpaired) electrons. The third kappa shape index (κ3) is 2.63. The summed E-state index contributed by atoms with van der Waals surface area (Å²) in [6.07, 6.45) is 3.16. The molecule has 2 rings (SSSR count). The molecule has 1 aromatic heterocycles. The summed E-state index contributed by atoms with van der Waals surface area (Å²) in [6.45, 7) is 0. The Morgan fingerprint density at radius 2 is 2.19 bits per heavy atom. The van der Waals surface area contributed by atoms with E-state index in [4.69, 9.17) is 5.73 Å². The van der Waals surface area contributed by atoms with E-state index in [0.29, 0.717) is 22.9 Å². The molecule has 5 nitrogen and oxygen atoms in total. The Hall–Kier alpha value is -1.30. The summed E-state index contributed by atoms with van der Waals surface area (Å²) in [4.78, 5) is 14.5. The molecular weight excluding hydrogens is 226 g/mol. The molecular formula is C10H15N3O2S. The van der Waals surface area contributed by atoms with E-state index >= 15 is 0 Å². The fourth-order valence-corrected chi connectivity index (χ4v) is 3.04. The summed E-state index contributed by atoms with van der Waals surface area (Å²) >= 11 is 0. The maximum atomic E-state index is 11.7. The Labute approximate surface area is 96.2 Å². The van der Waals surface area contributed by atoms with Crippen LogP contribution < -0.4 is 11.1 Å². The van der Waals surface area contributed by atoms with Gasteiger partial charge in [0.25, 0.3) is 5.91 Å². The van der Waals surface area contributed by atoms with Crippen molar-refractivity contribution in [2.24, 2.45) is 0 Å². The molecule has 1 aliphatic rings. The lowest BCUT2D eigenvalue weighted by atomic mass is 10.1. The van der Waals surface area contributed by atoms with E-state index in [-0.39, 0.29) is 11.9 Å². The number of nitrogen functional groups attached to an aromatic ring is 1. The quantitative estimate of drug-likeness (QED) is 0.693. The number of carbonyl (C=O) groups excluding carboxylic acids is 1. The van der Waals surface area contributed by atoms with E-state index < -0.39 is 10.8 Å². The van der Waals surface area contributed by atoms with Gasteiger partial charge in [0.1, 0.15) is 5.69 Å². The minimum atomic E-state index is -0.695. The molecule has 1 aromatic rings. The molecule has 2 heterocycles. The van der Waals surface area contributed by atoms with E-state index in [1.807, 2.05) is 0 Å². The van der Waals surface area contributed by atoms with Gasteiger partial charge in [-0.2, -0.15) is 0 Å². The maximum Gasteiger partial charge on any atom is 0.267 e. The number of hydrogen-bond donors (Lipinski definition) is 3. The number of H-pyrrole nitrogens is 1. The largest absolute Gasteiger partial charge is 0.397 e. The summed E-state index contributed by atoms with van der Waals surface area (Å²) < 4.78 is 11.1. The molecule has 0 saturated carbocycles. The number of anilines is 1. The van der Waals surface area contributed by atoms with Crippen LogP contribution in [0.15, 0.2) is 12.3 Å². The van der Waals surface area contributed by atoms with Crippen LogP contribution in [0.2, 0.25) is 0 Å².